The van der Waals surface area contributed by atoms with Gasteiger partial charge in [0.05, 0.1) is 23.1 Å². The second kappa shape index (κ2) is 8.37. The number of rotatable bonds is 6. The van der Waals surface area contributed by atoms with Crippen LogP contribution in [0.4, 0.5) is 11.4 Å². The molecule has 2 bridgehead atoms. The smallest absolute Gasteiger partial charge is 0.338 e. The number of hydrogen-bond acceptors (Lipinski definition) is 6. The summed E-state index contributed by atoms with van der Waals surface area (Å²) in [5.41, 5.74) is 1.45. The van der Waals surface area contributed by atoms with Crippen LogP contribution in [-0.2, 0) is 19.1 Å². The van der Waals surface area contributed by atoms with Gasteiger partial charge in [-0.15, -0.1) is 0 Å². The number of fused-ring (bicyclic) bond motifs is 5. The number of anilines is 2. The number of Topliss-reactive ketones (excluding diaryl/α,β-unsaturated/α-hetero) is 1. The van der Waals surface area contributed by atoms with E-state index in [4.69, 9.17) is 4.74 Å². The molecular weight excluding hydrogens is 436 g/mol. The van der Waals surface area contributed by atoms with E-state index in [1.165, 1.54) is 24.0 Å². The van der Waals surface area contributed by atoms with Crippen LogP contribution in [0.25, 0.3) is 0 Å². The fraction of sp³-hybridized carbons (Fsp3) is 0.269. The van der Waals surface area contributed by atoms with Crippen LogP contribution < -0.4 is 10.2 Å². The Kier molecular flexibility index (Phi) is 5.36. The van der Waals surface area contributed by atoms with Gasteiger partial charge in [0.1, 0.15) is 0 Å². The fourth-order valence-corrected chi connectivity index (χ4v) is 5.13. The van der Waals surface area contributed by atoms with Crippen molar-refractivity contribution in [2.24, 2.45) is 23.7 Å². The summed E-state index contributed by atoms with van der Waals surface area (Å²) in [7, 11) is 0. The lowest BCUT2D eigenvalue weighted by molar-refractivity contribution is -0.123. The topological polar surface area (TPSA) is 110 Å². The Morgan fingerprint density at radius 3 is 2.21 bits per heavy atom. The third-order valence-electron chi connectivity index (χ3n) is 6.72. The Hall–Kier alpha value is -4.07. The minimum Gasteiger partial charge on any atom is -0.452 e. The molecule has 2 aromatic carbocycles. The second-order valence-electron chi connectivity index (χ2n) is 8.82. The van der Waals surface area contributed by atoms with Crippen LogP contribution in [-0.4, -0.2) is 36.1 Å². The summed E-state index contributed by atoms with van der Waals surface area (Å²) in [6, 6.07) is 12.5. The molecular formula is C26H22N2O6. The molecule has 8 nitrogen and oxygen atoms in total. The van der Waals surface area contributed by atoms with Crippen molar-refractivity contribution in [3.8, 4) is 0 Å². The van der Waals surface area contributed by atoms with Crippen molar-refractivity contribution in [3.63, 3.8) is 0 Å². The molecule has 34 heavy (non-hydrogen) atoms. The Bertz CT molecular complexity index is 1220. The summed E-state index contributed by atoms with van der Waals surface area (Å²) in [4.78, 5) is 63.2. The second-order valence-corrected chi connectivity index (χ2v) is 8.82. The number of carbonyl (C=O) groups excluding carboxylic acids is 5. The number of amides is 3. The molecule has 0 radical (unpaired) electrons. The zero-order chi connectivity index (χ0) is 24.0. The van der Waals surface area contributed by atoms with Gasteiger partial charge in [-0.25, -0.2) is 9.69 Å². The van der Waals surface area contributed by atoms with Crippen molar-refractivity contribution in [3.05, 3.63) is 71.8 Å². The molecule has 1 saturated carbocycles. The maximum Gasteiger partial charge on any atom is 0.338 e. The highest BCUT2D eigenvalue weighted by molar-refractivity contribution is 6.23. The number of carbonyl (C=O) groups is 5. The molecule has 0 unspecified atom stereocenters. The van der Waals surface area contributed by atoms with Crippen LogP contribution in [0, 0.1) is 23.7 Å². The van der Waals surface area contributed by atoms with Gasteiger partial charge in [-0.1, -0.05) is 18.2 Å². The lowest BCUT2D eigenvalue weighted by atomic mass is 9.85. The lowest BCUT2D eigenvalue weighted by Crippen LogP contribution is -2.33. The van der Waals surface area contributed by atoms with Gasteiger partial charge < -0.3 is 10.1 Å². The SMILES string of the molecule is CC(=O)c1ccc(NC(=O)COC(=O)c2cccc(N3C(=O)[C@@H]4[C@H](C3=O)[C@H]3C=C[C@H]4C3)c2)cc1. The molecule has 2 fully saturated rings. The third kappa shape index (κ3) is 3.71. The molecule has 3 amide bonds. The number of allylic oxidation sites excluding steroid dienone is 2. The van der Waals surface area contributed by atoms with Gasteiger partial charge in [0.15, 0.2) is 12.4 Å². The van der Waals surface area contributed by atoms with E-state index in [1.54, 1.807) is 36.4 Å². The lowest BCUT2D eigenvalue weighted by Gasteiger charge is -2.18. The molecule has 8 heteroatoms. The van der Waals surface area contributed by atoms with E-state index in [0.29, 0.717) is 16.9 Å². The molecule has 0 aromatic heterocycles. The number of ketones is 1. The highest BCUT2D eigenvalue weighted by Crippen LogP contribution is 2.53. The summed E-state index contributed by atoms with van der Waals surface area (Å²) in [6.45, 7) is 0.933. The zero-order valence-corrected chi connectivity index (χ0v) is 18.4. The fourth-order valence-electron chi connectivity index (χ4n) is 5.13. The van der Waals surface area contributed by atoms with Crippen LogP contribution in [0.15, 0.2) is 60.7 Å². The molecule has 1 N–H and O–H groups in total. The van der Waals surface area contributed by atoms with Gasteiger partial charge in [0.2, 0.25) is 11.8 Å². The van der Waals surface area contributed by atoms with Crippen molar-refractivity contribution < 1.29 is 28.7 Å². The predicted octanol–water partition coefficient (Wildman–Crippen LogP) is 3.00. The quantitative estimate of drug-likeness (QED) is 0.308. The van der Waals surface area contributed by atoms with E-state index in [9.17, 15) is 24.0 Å². The Labute approximate surface area is 195 Å². The van der Waals surface area contributed by atoms with Crippen molar-refractivity contribution in [2.45, 2.75) is 13.3 Å². The van der Waals surface area contributed by atoms with Crippen molar-refractivity contribution in [2.75, 3.05) is 16.8 Å². The van der Waals surface area contributed by atoms with Crippen LogP contribution in [0.1, 0.15) is 34.1 Å². The van der Waals surface area contributed by atoms with E-state index in [1.807, 2.05) is 12.2 Å². The molecule has 1 heterocycles. The van der Waals surface area contributed by atoms with Crippen molar-refractivity contribution in [1.29, 1.82) is 0 Å². The van der Waals surface area contributed by atoms with Crippen LogP contribution in [0.2, 0.25) is 0 Å². The maximum atomic E-state index is 13.0. The first kappa shape index (κ1) is 21.8. The summed E-state index contributed by atoms with van der Waals surface area (Å²) < 4.78 is 5.11. The first-order valence-corrected chi connectivity index (χ1v) is 11.1. The largest absolute Gasteiger partial charge is 0.452 e. The number of nitrogens with one attached hydrogen (secondary N) is 1. The van der Waals surface area contributed by atoms with Gasteiger partial charge in [-0.2, -0.15) is 0 Å². The van der Waals surface area contributed by atoms with Crippen molar-refractivity contribution in [1.82, 2.24) is 0 Å². The standard InChI is InChI=1S/C26H22N2O6/c1-14(29)15-7-9-19(10-8-15)27-21(30)13-34-26(33)18-3-2-4-20(12-18)28-24(31)22-16-5-6-17(11-16)23(22)25(28)32/h2-10,12,16-17,22-23H,11,13H2,1H3,(H,27,30)/t16-,17-,22-,23+/m0/s1. The van der Waals surface area contributed by atoms with Gasteiger partial charge >= 0.3 is 5.97 Å². The summed E-state index contributed by atoms with van der Waals surface area (Å²) >= 11 is 0. The molecule has 2 aliphatic carbocycles. The Balaban J connectivity index is 1.22. The summed E-state index contributed by atoms with van der Waals surface area (Å²) in [5.74, 6) is -2.29. The maximum absolute atomic E-state index is 13.0. The summed E-state index contributed by atoms with van der Waals surface area (Å²) in [5, 5.41) is 2.59. The zero-order valence-electron chi connectivity index (χ0n) is 18.4. The predicted molar refractivity (Wildman–Crippen MR) is 122 cm³/mol. The van der Waals surface area contributed by atoms with Crippen LogP contribution >= 0.6 is 0 Å². The van der Waals surface area contributed by atoms with Crippen molar-refractivity contribution >= 4 is 40.8 Å². The summed E-state index contributed by atoms with van der Waals surface area (Å²) in [6.07, 6.45) is 4.89. The van der Waals surface area contributed by atoms with Crippen LogP contribution in [0.5, 0.6) is 0 Å². The molecule has 0 spiro atoms. The van der Waals surface area contributed by atoms with E-state index in [-0.39, 0.29) is 46.8 Å². The van der Waals surface area contributed by atoms with E-state index in [2.05, 4.69) is 5.32 Å². The molecule has 1 saturated heterocycles. The molecule has 4 atom stereocenters. The molecule has 5 rings (SSSR count). The minimum absolute atomic E-state index is 0.0846. The molecule has 2 aromatic rings. The minimum atomic E-state index is -0.745. The van der Waals surface area contributed by atoms with E-state index >= 15 is 0 Å². The number of imide groups is 1. The average molecular weight is 458 g/mol. The number of nitrogens with zero attached hydrogens (tertiary/aromatic N) is 1. The van der Waals surface area contributed by atoms with E-state index < -0.39 is 18.5 Å². The average Bonchev–Trinajstić information content (AvgIpc) is 3.51. The van der Waals surface area contributed by atoms with Gasteiger partial charge in [0, 0.05) is 11.3 Å². The molecule has 172 valence electrons. The third-order valence-corrected chi connectivity index (χ3v) is 6.72. The normalized spacial score (nSPS) is 24.3. The first-order valence-electron chi connectivity index (χ1n) is 11.1. The highest BCUT2D eigenvalue weighted by Gasteiger charge is 2.59. The number of hydrogen-bond donors (Lipinski definition) is 1. The number of benzene rings is 2. The van der Waals surface area contributed by atoms with Gasteiger partial charge in [0.25, 0.3) is 5.91 Å². The highest BCUT2D eigenvalue weighted by atomic mass is 16.5. The van der Waals surface area contributed by atoms with E-state index in [0.717, 1.165) is 6.42 Å². The Morgan fingerprint density at radius 1 is 0.941 bits per heavy atom. The molecule has 1 aliphatic heterocycles. The monoisotopic (exact) mass is 458 g/mol. The Morgan fingerprint density at radius 2 is 1.59 bits per heavy atom. The number of esters is 1. The van der Waals surface area contributed by atoms with Crippen LogP contribution in [0.3, 0.4) is 0 Å². The molecule has 3 aliphatic rings. The van der Waals surface area contributed by atoms with Gasteiger partial charge in [-0.3, -0.25) is 19.2 Å². The number of ether oxygens (including phenoxy) is 1. The van der Waals surface area contributed by atoms with Gasteiger partial charge in [-0.05, 0) is 67.6 Å². The first-order chi connectivity index (χ1) is 16.3.